The van der Waals surface area contributed by atoms with Crippen LogP contribution in [0.3, 0.4) is 0 Å². The zero-order valence-corrected chi connectivity index (χ0v) is 15.2. The summed E-state index contributed by atoms with van der Waals surface area (Å²) in [7, 11) is 3.94. The van der Waals surface area contributed by atoms with Crippen LogP contribution in [0.15, 0.2) is 30.3 Å². The van der Waals surface area contributed by atoms with Crippen LogP contribution < -0.4 is 10.2 Å². The van der Waals surface area contributed by atoms with Gasteiger partial charge < -0.3 is 15.0 Å². The fourth-order valence-corrected chi connectivity index (χ4v) is 2.54. The lowest BCUT2D eigenvalue weighted by Gasteiger charge is -2.16. The molecular weight excluding hydrogens is 318 g/mol. The van der Waals surface area contributed by atoms with Crippen molar-refractivity contribution in [3.63, 3.8) is 0 Å². The molecule has 2 aromatic rings. The highest BCUT2D eigenvalue weighted by Gasteiger charge is 2.15. The summed E-state index contributed by atoms with van der Waals surface area (Å²) < 4.78 is 4.96. The second kappa shape index (κ2) is 7.79. The van der Waals surface area contributed by atoms with Crippen molar-refractivity contribution in [3.8, 4) is 0 Å². The molecule has 0 spiro atoms. The van der Waals surface area contributed by atoms with Crippen LogP contribution in [0.2, 0.25) is 0 Å². The molecule has 1 N–H and O–H groups in total. The molecule has 25 heavy (non-hydrogen) atoms. The molecule has 6 heteroatoms. The van der Waals surface area contributed by atoms with Gasteiger partial charge in [-0.1, -0.05) is 0 Å². The first-order valence-electron chi connectivity index (χ1n) is 8.07. The third-order valence-electron chi connectivity index (χ3n) is 3.75. The first-order valence-corrected chi connectivity index (χ1v) is 8.07. The highest BCUT2D eigenvalue weighted by molar-refractivity contribution is 6.03. The number of nitrogens with one attached hydrogen (secondary N) is 1. The highest BCUT2D eigenvalue weighted by atomic mass is 16.5. The van der Waals surface area contributed by atoms with Gasteiger partial charge in [-0.2, -0.15) is 0 Å². The normalized spacial score (nSPS) is 10.3. The standard InChI is InChI=1S/C19H23N3O3/c1-6-25-19(24)15-8-9-16(20-13(15)3)18(23)21-14-7-10-17(22(4)5)12(2)11-14/h7-11H,6H2,1-5H3,(H,21,23). The molecule has 1 aromatic heterocycles. The van der Waals surface area contributed by atoms with Gasteiger partial charge in [0.1, 0.15) is 5.69 Å². The summed E-state index contributed by atoms with van der Waals surface area (Å²) in [4.78, 5) is 30.4. The Morgan fingerprint density at radius 1 is 1.16 bits per heavy atom. The number of anilines is 2. The molecular formula is C19H23N3O3. The Hall–Kier alpha value is -2.89. The molecule has 0 radical (unpaired) electrons. The van der Waals surface area contributed by atoms with E-state index in [9.17, 15) is 9.59 Å². The Bertz CT molecular complexity index is 800. The predicted molar refractivity (Wildman–Crippen MR) is 98.4 cm³/mol. The van der Waals surface area contributed by atoms with Crippen molar-refractivity contribution >= 4 is 23.3 Å². The number of hydrogen-bond acceptors (Lipinski definition) is 5. The van der Waals surface area contributed by atoms with Crippen LogP contribution in [-0.4, -0.2) is 37.6 Å². The van der Waals surface area contributed by atoms with Gasteiger partial charge in [0.25, 0.3) is 5.91 Å². The summed E-state index contributed by atoms with van der Waals surface area (Å²) in [5, 5.41) is 2.83. The van der Waals surface area contributed by atoms with Crippen LogP contribution >= 0.6 is 0 Å². The Morgan fingerprint density at radius 3 is 2.44 bits per heavy atom. The molecule has 0 aliphatic carbocycles. The minimum absolute atomic E-state index is 0.250. The number of aryl methyl sites for hydroxylation is 2. The van der Waals surface area contributed by atoms with Crippen molar-refractivity contribution < 1.29 is 14.3 Å². The Labute approximate surface area is 147 Å². The molecule has 0 saturated heterocycles. The molecule has 0 aliphatic rings. The van der Waals surface area contributed by atoms with Crippen molar-refractivity contribution in [1.29, 1.82) is 0 Å². The van der Waals surface area contributed by atoms with Gasteiger partial charge in [0.15, 0.2) is 0 Å². The van der Waals surface area contributed by atoms with Gasteiger partial charge in [-0.3, -0.25) is 4.79 Å². The van der Waals surface area contributed by atoms with Crippen LogP contribution in [0.1, 0.15) is 39.0 Å². The maximum Gasteiger partial charge on any atom is 0.339 e. The Morgan fingerprint density at radius 2 is 1.88 bits per heavy atom. The summed E-state index contributed by atoms with van der Waals surface area (Å²) >= 11 is 0. The van der Waals surface area contributed by atoms with E-state index >= 15 is 0 Å². The summed E-state index contributed by atoms with van der Waals surface area (Å²) in [6.07, 6.45) is 0. The first-order chi connectivity index (χ1) is 11.8. The first kappa shape index (κ1) is 18.4. The van der Waals surface area contributed by atoms with Crippen molar-refractivity contribution in [2.24, 2.45) is 0 Å². The molecule has 1 aromatic carbocycles. The molecule has 6 nitrogen and oxygen atoms in total. The number of nitrogens with zero attached hydrogens (tertiary/aromatic N) is 2. The fraction of sp³-hybridized carbons (Fsp3) is 0.316. The molecule has 0 bridgehead atoms. The second-order valence-electron chi connectivity index (χ2n) is 5.90. The molecule has 1 amide bonds. The molecule has 0 saturated carbocycles. The summed E-state index contributed by atoms with van der Waals surface area (Å²) in [6.45, 7) is 5.70. The van der Waals surface area contributed by atoms with E-state index in [1.54, 1.807) is 19.9 Å². The smallest absolute Gasteiger partial charge is 0.339 e. The van der Waals surface area contributed by atoms with Gasteiger partial charge in [0.2, 0.25) is 0 Å². The zero-order valence-electron chi connectivity index (χ0n) is 15.2. The monoisotopic (exact) mass is 341 g/mol. The van der Waals surface area contributed by atoms with E-state index in [0.717, 1.165) is 11.3 Å². The summed E-state index contributed by atoms with van der Waals surface area (Å²) in [5.74, 6) is -0.759. The van der Waals surface area contributed by atoms with Crippen LogP contribution in [0.5, 0.6) is 0 Å². The number of carbonyl (C=O) groups is 2. The predicted octanol–water partition coefficient (Wildman–Crippen LogP) is 3.19. The molecule has 0 atom stereocenters. The zero-order chi connectivity index (χ0) is 18.6. The van der Waals surface area contributed by atoms with Crippen molar-refractivity contribution in [1.82, 2.24) is 4.98 Å². The van der Waals surface area contributed by atoms with E-state index < -0.39 is 5.97 Å². The topological polar surface area (TPSA) is 71.5 Å². The van der Waals surface area contributed by atoms with Gasteiger partial charge in [-0.25, -0.2) is 9.78 Å². The second-order valence-corrected chi connectivity index (χ2v) is 5.90. The van der Waals surface area contributed by atoms with Gasteiger partial charge in [0, 0.05) is 25.5 Å². The lowest BCUT2D eigenvalue weighted by atomic mass is 10.1. The number of hydrogen-bond donors (Lipinski definition) is 1. The SMILES string of the molecule is CCOC(=O)c1ccc(C(=O)Nc2ccc(N(C)C)c(C)c2)nc1C. The minimum atomic E-state index is -0.436. The van der Waals surface area contributed by atoms with Crippen LogP contribution in [0, 0.1) is 13.8 Å². The third kappa shape index (κ3) is 4.35. The maximum atomic E-state index is 12.4. The van der Waals surface area contributed by atoms with Crippen molar-refractivity contribution in [2.75, 3.05) is 30.9 Å². The summed E-state index contributed by atoms with van der Waals surface area (Å²) in [5.41, 5.74) is 3.92. The van der Waals surface area contributed by atoms with Gasteiger partial charge in [-0.05, 0) is 56.7 Å². The Kier molecular flexibility index (Phi) is 5.75. The number of benzene rings is 1. The van der Waals surface area contributed by atoms with Gasteiger partial charge in [-0.15, -0.1) is 0 Å². The van der Waals surface area contributed by atoms with E-state index in [4.69, 9.17) is 4.74 Å². The number of aromatic nitrogens is 1. The molecule has 132 valence electrons. The number of carbonyl (C=O) groups excluding carboxylic acids is 2. The molecule has 0 aliphatic heterocycles. The van der Waals surface area contributed by atoms with Crippen LogP contribution in [0.4, 0.5) is 11.4 Å². The molecule has 2 rings (SSSR count). The minimum Gasteiger partial charge on any atom is -0.462 e. The largest absolute Gasteiger partial charge is 0.462 e. The quantitative estimate of drug-likeness (QED) is 0.846. The van der Waals surface area contributed by atoms with Crippen molar-refractivity contribution in [3.05, 3.63) is 52.8 Å². The average molecular weight is 341 g/mol. The summed E-state index contributed by atoms with van der Waals surface area (Å²) in [6, 6.07) is 8.80. The number of pyridine rings is 1. The Balaban J connectivity index is 2.17. The lowest BCUT2D eigenvalue weighted by molar-refractivity contribution is 0.0524. The highest BCUT2D eigenvalue weighted by Crippen LogP contribution is 2.22. The number of rotatable bonds is 5. The molecule has 1 heterocycles. The van der Waals surface area contributed by atoms with E-state index in [0.29, 0.717) is 23.6 Å². The van der Waals surface area contributed by atoms with E-state index in [2.05, 4.69) is 10.3 Å². The van der Waals surface area contributed by atoms with E-state index in [-0.39, 0.29) is 11.6 Å². The lowest BCUT2D eigenvalue weighted by Crippen LogP contribution is -2.16. The molecule has 0 unspecified atom stereocenters. The van der Waals surface area contributed by atoms with E-state index in [1.807, 2.05) is 44.1 Å². The van der Waals surface area contributed by atoms with Gasteiger partial charge >= 0.3 is 5.97 Å². The van der Waals surface area contributed by atoms with Crippen molar-refractivity contribution in [2.45, 2.75) is 20.8 Å². The maximum absolute atomic E-state index is 12.4. The fourth-order valence-electron chi connectivity index (χ4n) is 2.54. The number of esters is 1. The van der Waals surface area contributed by atoms with Crippen LogP contribution in [-0.2, 0) is 4.74 Å². The average Bonchev–Trinajstić information content (AvgIpc) is 2.54. The number of ether oxygens (including phenoxy) is 1. The van der Waals surface area contributed by atoms with Gasteiger partial charge in [0.05, 0.1) is 17.9 Å². The van der Waals surface area contributed by atoms with E-state index in [1.165, 1.54) is 6.07 Å². The van der Waals surface area contributed by atoms with Crippen LogP contribution in [0.25, 0.3) is 0 Å². The molecule has 0 fully saturated rings. The number of amides is 1. The third-order valence-corrected chi connectivity index (χ3v) is 3.75.